The molecule has 170 valence electrons. The molecule has 8 heteroatoms. The third kappa shape index (κ3) is 9.24. The van der Waals surface area contributed by atoms with Gasteiger partial charge in [-0.1, -0.05) is 13.0 Å². The Bertz CT molecular complexity index is 701. The van der Waals surface area contributed by atoms with Gasteiger partial charge in [0.1, 0.15) is 5.60 Å². The highest BCUT2D eigenvalue weighted by atomic mass is 16.6. The van der Waals surface area contributed by atoms with Crippen molar-refractivity contribution in [2.45, 2.75) is 46.8 Å². The van der Waals surface area contributed by atoms with E-state index in [9.17, 15) is 4.79 Å². The van der Waals surface area contributed by atoms with Crippen molar-refractivity contribution in [3.05, 3.63) is 23.8 Å². The standard InChI is InChI=1S/C22H38N4O4/c1-9-23-20(25-14-17-10-11-18(28-7)19(12-17)29-8)24-13-16(2)15-26(6)21(27)30-22(3,4)5/h10-12,16H,9,13-15H2,1-8H3,(H2,23,24,25). The predicted molar refractivity (Wildman–Crippen MR) is 120 cm³/mol. The Morgan fingerprint density at radius 3 is 2.40 bits per heavy atom. The summed E-state index contributed by atoms with van der Waals surface area (Å²) in [6, 6.07) is 5.76. The molecule has 1 rings (SSSR count). The van der Waals surface area contributed by atoms with Crippen molar-refractivity contribution in [3.63, 3.8) is 0 Å². The number of methoxy groups -OCH3 is 2. The van der Waals surface area contributed by atoms with Gasteiger partial charge in [0.15, 0.2) is 17.5 Å². The molecule has 0 aliphatic carbocycles. The predicted octanol–water partition coefficient (Wildman–Crippen LogP) is 3.26. The number of amides is 1. The molecule has 0 saturated carbocycles. The molecular weight excluding hydrogens is 384 g/mol. The zero-order valence-electron chi connectivity index (χ0n) is 19.7. The summed E-state index contributed by atoms with van der Waals surface area (Å²) in [4.78, 5) is 18.4. The summed E-state index contributed by atoms with van der Waals surface area (Å²) >= 11 is 0. The van der Waals surface area contributed by atoms with E-state index in [1.807, 2.05) is 45.9 Å². The maximum atomic E-state index is 12.1. The lowest BCUT2D eigenvalue weighted by atomic mass is 10.1. The average molecular weight is 423 g/mol. The number of ether oxygens (including phenoxy) is 3. The van der Waals surface area contributed by atoms with Gasteiger partial charge in [0.25, 0.3) is 0 Å². The number of hydrogen-bond donors (Lipinski definition) is 2. The Hall–Kier alpha value is -2.64. The lowest BCUT2D eigenvalue weighted by Crippen LogP contribution is -2.42. The van der Waals surface area contributed by atoms with E-state index in [1.165, 1.54) is 0 Å². The van der Waals surface area contributed by atoms with E-state index in [0.29, 0.717) is 31.1 Å². The van der Waals surface area contributed by atoms with Crippen molar-refractivity contribution >= 4 is 12.1 Å². The number of aliphatic imine (C=N–C) groups is 1. The summed E-state index contributed by atoms with van der Waals surface area (Å²) in [7, 11) is 4.98. The van der Waals surface area contributed by atoms with Crippen LogP contribution in [-0.4, -0.2) is 63.5 Å². The molecule has 1 amide bonds. The number of carbonyl (C=O) groups excluding carboxylic acids is 1. The highest BCUT2D eigenvalue weighted by Crippen LogP contribution is 2.27. The summed E-state index contributed by atoms with van der Waals surface area (Å²) in [5.41, 5.74) is 0.518. The molecule has 1 atom stereocenters. The van der Waals surface area contributed by atoms with Crippen LogP contribution in [-0.2, 0) is 11.3 Å². The quantitative estimate of drug-likeness (QED) is 0.469. The lowest BCUT2D eigenvalue weighted by Gasteiger charge is -2.26. The molecular formula is C22H38N4O4. The summed E-state index contributed by atoms with van der Waals surface area (Å²) in [6.07, 6.45) is -0.316. The van der Waals surface area contributed by atoms with Gasteiger partial charge >= 0.3 is 6.09 Å². The number of guanidine groups is 1. The number of hydrogen-bond acceptors (Lipinski definition) is 5. The maximum absolute atomic E-state index is 12.1. The van der Waals surface area contributed by atoms with E-state index in [4.69, 9.17) is 14.2 Å². The van der Waals surface area contributed by atoms with Crippen molar-refractivity contribution in [2.75, 3.05) is 40.9 Å². The molecule has 0 aromatic heterocycles. The van der Waals surface area contributed by atoms with Gasteiger partial charge in [-0.05, 0) is 51.3 Å². The minimum atomic E-state index is -0.498. The second-order valence-corrected chi connectivity index (χ2v) is 8.23. The van der Waals surface area contributed by atoms with E-state index in [-0.39, 0.29) is 12.0 Å². The smallest absolute Gasteiger partial charge is 0.410 e. The van der Waals surface area contributed by atoms with Crippen LogP contribution in [0.4, 0.5) is 4.79 Å². The second kappa shape index (κ2) is 12.1. The Morgan fingerprint density at radius 2 is 1.83 bits per heavy atom. The zero-order valence-corrected chi connectivity index (χ0v) is 19.7. The fraction of sp³-hybridized carbons (Fsp3) is 0.636. The molecule has 0 saturated heterocycles. The van der Waals surface area contributed by atoms with Gasteiger partial charge in [-0.2, -0.15) is 0 Å². The van der Waals surface area contributed by atoms with Crippen molar-refractivity contribution < 1.29 is 19.0 Å². The van der Waals surface area contributed by atoms with Crippen LogP contribution in [0.5, 0.6) is 11.5 Å². The molecule has 0 radical (unpaired) electrons. The summed E-state index contributed by atoms with van der Waals surface area (Å²) < 4.78 is 16.0. The summed E-state index contributed by atoms with van der Waals surface area (Å²) in [6.45, 7) is 12.2. The van der Waals surface area contributed by atoms with E-state index in [1.54, 1.807) is 26.2 Å². The van der Waals surface area contributed by atoms with Crippen molar-refractivity contribution in [1.82, 2.24) is 15.5 Å². The maximum Gasteiger partial charge on any atom is 0.410 e. The van der Waals surface area contributed by atoms with Crippen LogP contribution >= 0.6 is 0 Å². The largest absolute Gasteiger partial charge is 0.493 e. The Balaban J connectivity index is 2.63. The van der Waals surface area contributed by atoms with Crippen LogP contribution in [0, 0.1) is 5.92 Å². The van der Waals surface area contributed by atoms with Crippen molar-refractivity contribution in [2.24, 2.45) is 10.9 Å². The number of carbonyl (C=O) groups is 1. The molecule has 0 heterocycles. The minimum absolute atomic E-state index is 0.215. The average Bonchev–Trinajstić information content (AvgIpc) is 2.68. The fourth-order valence-electron chi connectivity index (χ4n) is 2.71. The topological polar surface area (TPSA) is 84.4 Å². The van der Waals surface area contributed by atoms with E-state index >= 15 is 0 Å². The Labute approximate surface area is 181 Å². The van der Waals surface area contributed by atoms with Crippen LogP contribution < -0.4 is 20.1 Å². The van der Waals surface area contributed by atoms with E-state index in [2.05, 4.69) is 22.5 Å². The summed E-state index contributed by atoms with van der Waals surface area (Å²) in [5, 5.41) is 6.58. The highest BCUT2D eigenvalue weighted by molar-refractivity contribution is 5.79. The normalized spacial score (nSPS) is 12.7. The van der Waals surface area contributed by atoms with Gasteiger partial charge in [0, 0.05) is 26.7 Å². The first-order chi connectivity index (χ1) is 14.1. The third-order valence-corrected chi connectivity index (χ3v) is 4.12. The van der Waals surface area contributed by atoms with Crippen LogP contribution in [0.15, 0.2) is 23.2 Å². The molecule has 0 fully saturated rings. The fourth-order valence-corrected chi connectivity index (χ4v) is 2.71. The first-order valence-electron chi connectivity index (χ1n) is 10.3. The van der Waals surface area contributed by atoms with Crippen LogP contribution in [0.25, 0.3) is 0 Å². The molecule has 0 aliphatic rings. The van der Waals surface area contributed by atoms with Gasteiger partial charge < -0.3 is 29.7 Å². The van der Waals surface area contributed by atoms with Gasteiger partial charge in [-0.3, -0.25) is 0 Å². The SMILES string of the molecule is CCNC(=NCc1ccc(OC)c(OC)c1)NCC(C)CN(C)C(=O)OC(C)(C)C. The van der Waals surface area contributed by atoms with Crippen LogP contribution in [0.1, 0.15) is 40.2 Å². The first kappa shape index (κ1) is 25.4. The molecule has 2 N–H and O–H groups in total. The van der Waals surface area contributed by atoms with Gasteiger partial charge in [0.05, 0.1) is 20.8 Å². The number of rotatable bonds is 9. The van der Waals surface area contributed by atoms with Gasteiger partial charge in [-0.15, -0.1) is 0 Å². The first-order valence-corrected chi connectivity index (χ1v) is 10.3. The van der Waals surface area contributed by atoms with Gasteiger partial charge in [0.2, 0.25) is 0 Å². The molecule has 0 aliphatic heterocycles. The summed E-state index contributed by atoms with van der Waals surface area (Å²) in [5.74, 6) is 2.31. The number of benzene rings is 1. The Kier molecular flexibility index (Phi) is 10.3. The number of nitrogens with zero attached hydrogens (tertiary/aromatic N) is 2. The molecule has 8 nitrogen and oxygen atoms in total. The lowest BCUT2D eigenvalue weighted by molar-refractivity contribution is 0.0278. The molecule has 1 unspecified atom stereocenters. The second-order valence-electron chi connectivity index (χ2n) is 8.23. The van der Waals surface area contributed by atoms with Crippen LogP contribution in [0.2, 0.25) is 0 Å². The highest BCUT2D eigenvalue weighted by Gasteiger charge is 2.20. The molecule has 0 spiro atoms. The zero-order chi connectivity index (χ0) is 22.7. The Morgan fingerprint density at radius 1 is 1.17 bits per heavy atom. The molecule has 1 aromatic rings. The minimum Gasteiger partial charge on any atom is -0.493 e. The number of nitrogens with one attached hydrogen (secondary N) is 2. The third-order valence-electron chi connectivity index (χ3n) is 4.12. The van der Waals surface area contributed by atoms with Crippen molar-refractivity contribution in [1.29, 1.82) is 0 Å². The van der Waals surface area contributed by atoms with Crippen LogP contribution in [0.3, 0.4) is 0 Å². The molecule has 30 heavy (non-hydrogen) atoms. The molecule has 0 bridgehead atoms. The van der Waals surface area contributed by atoms with E-state index < -0.39 is 5.60 Å². The van der Waals surface area contributed by atoms with Gasteiger partial charge in [-0.25, -0.2) is 9.79 Å². The molecule has 1 aromatic carbocycles. The monoisotopic (exact) mass is 422 g/mol. The van der Waals surface area contributed by atoms with E-state index in [0.717, 1.165) is 18.1 Å². The van der Waals surface area contributed by atoms with Crippen molar-refractivity contribution in [3.8, 4) is 11.5 Å².